The second-order valence-electron chi connectivity index (χ2n) is 5.96. The standard InChI is InChI=1S/C19H16N4O3S/c20-9-12-22(13-10-21)19(24)16-5-3-6-17(14-16)27(25,26)23-11-8-15-4-1-2-7-18(15)23/h1-7,14H,8,11-13H2. The van der Waals surface area contributed by atoms with Crippen LogP contribution in [-0.4, -0.2) is 38.9 Å². The van der Waals surface area contributed by atoms with Crippen molar-refractivity contribution in [2.24, 2.45) is 0 Å². The van der Waals surface area contributed by atoms with E-state index in [0.29, 0.717) is 18.7 Å². The SMILES string of the molecule is N#CCN(CC#N)C(=O)c1cccc(S(=O)(=O)N2CCc3ccccc32)c1. The van der Waals surface area contributed by atoms with Crippen LogP contribution in [0.3, 0.4) is 0 Å². The van der Waals surface area contributed by atoms with Gasteiger partial charge in [0.1, 0.15) is 13.1 Å². The molecule has 0 atom stereocenters. The lowest BCUT2D eigenvalue weighted by molar-refractivity contribution is 0.0794. The minimum atomic E-state index is -3.83. The number of amides is 1. The van der Waals surface area contributed by atoms with Crippen LogP contribution in [0.1, 0.15) is 15.9 Å². The van der Waals surface area contributed by atoms with Gasteiger partial charge in [-0.25, -0.2) is 8.42 Å². The molecule has 3 rings (SSSR count). The van der Waals surface area contributed by atoms with E-state index in [2.05, 4.69) is 0 Å². The van der Waals surface area contributed by atoms with E-state index in [-0.39, 0.29) is 23.5 Å². The first-order chi connectivity index (χ1) is 13.0. The lowest BCUT2D eigenvalue weighted by Crippen LogP contribution is -2.32. The van der Waals surface area contributed by atoms with Gasteiger partial charge in [-0.05, 0) is 36.2 Å². The van der Waals surface area contributed by atoms with E-state index >= 15 is 0 Å². The summed E-state index contributed by atoms with van der Waals surface area (Å²) in [7, 11) is -3.83. The summed E-state index contributed by atoms with van der Waals surface area (Å²) in [6, 6.07) is 16.7. The number of hydrogen-bond donors (Lipinski definition) is 0. The second kappa shape index (κ2) is 7.48. The Labute approximate surface area is 157 Å². The normalized spacial score (nSPS) is 12.7. The summed E-state index contributed by atoms with van der Waals surface area (Å²) in [6.07, 6.45) is 0.631. The maximum absolute atomic E-state index is 13.1. The average molecular weight is 380 g/mol. The smallest absolute Gasteiger partial charge is 0.264 e. The number of fused-ring (bicyclic) bond motifs is 1. The van der Waals surface area contributed by atoms with Crippen LogP contribution < -0.4 is 4.31 Å². The first kappa shape index (κ1) is 18.4. The molecule has 1 aliphatic rings. The molecule has 0 fully saturated rings. The van der Waals surface area contributed by atoms with Gasteiger partial charge in [0, 0.05) is 12.1 Å². The number of para-hydroxylation sites is 1. The fourth-order valence-corrected chi connectivity index (χ4v) is 4.58. The monoisotopic (exact) mass is 380 g/mol. The molecule has 0 N–H and O–H groups in total. The fourth-order valence-electron chi connectivity index (χ4n) is 3.03. The molecule has 0 aliphatic carbocycles. The Morgan fingerprint density at radius 1 is 1.07 bits per heavy atom. The van der Waals surface area contributed by atoms with E-state index in [1.807, 2.05) is 24.3 Å². The highest BCUT2D eigenvalue weighted by Crippen LogP contribution is 2.32. The summed E-state index contributed by atoms with van der Waals surface area (Å²) >= 11 is 0. The molecule has 1 amide bonds. The van der Waals surface area contributed by atoms with Gasteiger partial charge in [-0.2, -0.15) is 10.5 Å². The number of carbonyl (C=O) groups is 1. The fraction of sp³-hybridized carbons (Fsp3) is 0.211. The number of nitrogens with zero attached hydrogens (tertiary/aromatic N) is 4. The van der Waals surface area contributed by atoms with Crippen LogP contribution in [0.5, 0.6) is 0 Å². The molecule has 136 valence electrons. The number of carbonyl (C=O) groups excluding carboxylic acids is 1. The van der Waals surface area contributed by atoms with Crippen molar-refractivity contribution in [1.82, 2.24) is 4.90 Å². The van der Waals surface area contributed by atoms with Crippen LogP contribution in [0.2, 0.25) is 0 Å². The van der Waals surface area contributed by atoms with Gasteiger partial charge in [0.15, 0.2) is 0 Å². The minimum absolute atomic E-state index is 0.00100. The predicted octanol–water partition coefficient (Wildman–Crippen LogP) is 1.93. The van der Waals surface area contributed by atoms with Crippen molar-refractivity contribution in [3.63, 3.8) is 0 Å². The Morgan fingerprint density at radius 3 is 2.48 bits per heavy atom. The van der Waals surface area contributed by atoms with Crippen molar-refractivity contribution in [2.45, 2.75) is 11.3 Å². The third-order valence-corrected chi connectivity index (χ3v) is 6.13. The van der Waals surface area contributed by atoms with Gasteiger partial charge in [-0.3, -0.25) is 9.10 Å². The quantitative estimate of drug-likeness (QED) is 0.737. The van der Waals surface area contributed by atoms with Crippen LogP contribution in [0, 0.1) is 22.7 Å². The molecular weight excluding hydrogens is 364 g/mol. The summed E-state index contributed by atoms with van der Waals surface area (Å²) in [5, 5.41) is 17.6. The number of nitriles is 2. The molecule has 0 saturated carbocycles. The van der Waals surface area contributed by atoms with Crippen LogP contribution in [-0.2, 0) is 16.4 Å². The molecule has 0 bridgehead atoms. The second-order valence-corrected chi connectivity index (χ2v) is 7.82. The third-order valence-electron chi connectivity index (χ3n) is 4.32. The van der Waals surface area contributed by atoms with E-state index in [4.69, 9.17) is 10.5 Å². The minimum Gasteiger partial charge on any atom is -0.312 e. The van der Waals surface area contributed by atoms with Gasteiger partial charge in [-0.1, -0.05) is 24.3 Å². The van der Waals surface area contributed by atoms with Gasteiger partial charge in [0.05, 0.1) is 22.7 Å². The van der Waals surface area contributed by atoms with Gasteiger partial charge in [-0.15, -0.1) is 0 Å². The highest BCUT2D eigenvalue weighted by atomic mass is 32.2. The molecule has 1 aliphatic heterocycles. The molecular formula is C19H16N4O3S. The number of hydrogen-bond acceptors (Lipinski definition) is 5. The molecule has 1 heterocycles. The molecule has 0 unspecified atom stereocenters. The van der Waals surface area contributed by atoms with Gasteiger partial charge >= 0.3 is 0 Å². The average Bonchev–Trinajstić information content (AvgIpc) is 3.12. The number of sulfonamides is 1. The molecule has 8 heteroatoms. The number of rotatable bonds is 5. The molecule has 7 nitrogen and oxygen atoms in total. The Morgan fingerprint density at radius 2 is 1.78 bits per heavy atom. The first-order valence-corrected chi connectivity index (χ1v) is 9.67. The molecule has 0 radical (unpaired) electrons. The largest absolute Gasteiger partial charge is 0.312 e. The van der Waals surface area contributed by atoms with Crippen molar-refractivity contribution in [3.8, 4) is 12.1 Å². The summed E-state index contributed by atoms with van der Waals surface area (Å²) < 4.78 is 27.5. The van der Waals surface area contributed by atoms with Crippen molar-refractivity contribution >= 4 is 21.6 Å². The van der Waals surface area contributed by atoms with Crippen LogP contribution in [0.4, 0.5) is 5.69 Å². The highest BCUT2D eigenvalue weighted by molar-refractivity contribution is 7.92. The van der Waals surface area contributed by atoms with Crippen LogP contribution >= 0.6 is 0 Å². The molecule has 0 aromatic heterocycles. The van der Waals surface area contributed by atoms with Crippen molar-refractivity contribution < 1.29 is 13.2 Å². The highest BCUT2D eigenvalue weighted by Gasteiger charge is 2.31. The summed E-state index contributed by atoms with van der Waals surface area (Å²) in [5.41, 5.74) is 1.72. The van der Waals surface area contributed by atoms with E-state index < -0.39 is 15.9 Å². The Bertz CT molecular complexity index is 1050. The van der Waals surface area contributed by atoms with Gasteiger partial charge in [0.2, 0.25) is 0 Å². The van der Waals surface area contributed by atoms with E-state index in [1.165, 1.54) is 28.6 Å². The zero-order valence-corrected chi connectivity index (χ0v) is 15.2. The maximum atomic E-state index is 13.1. The van der Waals surface area contributed by atoms with Crippen molar-refractivity contribution in [2.75, 3.05) is 23.9 Å². The predicted molar refractivity (Wildman–Crippen MR) is 98.2 cm³/mol. The summed E-state index contributed by atoms with van der Waals surface area (Å²) in [5.74, 6) is -0.558. The van der Waals surface area contributed by atoms with Gasteiger partial charge in [0.25, 0.3) is 15.9 Å². The molecule has 0 saturated heterocycles. The molecule has 27 heavy (non-hydrogen) atoms. The Kier molecular flexibility index (Phi) is 5.11. The first-order valence-electron chi connectivity index (χ1n) is 8.23. The lowest BCUT2D eigenvalue weighted by Gasteiger charge is -2.20. The number of benzene rings is 2. The summed E-state index contributed by atoms with van der Waals surface area (Å²) in [4.78, 5) is 13.6. The van der Waals surface area contributed by atoms with Crippen LogP contribution in [0.15, 0.2) is 53.4 Å². The topological polar surface area (TPSA) is 105 Å². The number of anilines is 1. The van der Waals surface area contributed by atoms with Crippen LogP contribution in [0.25, 0.3) is 0 Å². The Hall–Kier alpha value is -3.36. The molecule has 2 aromatic rings. The van der Waals surface area contributed by atoms with E-state index in [0.717, 1.165) is 10.5 Å². The zero-order valence-electron chi connectivity index (χ0n) is 14.4. The van der Waals surface area contributed by atoms with E-state index in [9.17, 15) is 13.2 Å². The van der Waals surface area contributed by atoms with Crippen molar-refractivity contribution in [1.29, 1.82) is 10.5 Å². The third kappa shape index (κ3) is 3.48. The summed E-state index contributed by atoms with van der Waals surface area (Å²) in [6.45, 7) is -0.152. The molecule has 0 spiro atoms. The van der Waals surface area contributed by atoms with Crippen molar-refractivity contribution in [3.05, 3.63) is 59.7 Å². The van der Waals surface area contributed by atoms with Gasteiger partial charge < -0.3 is 4.90 Å². The molecule has 2 aromatic carbocycles. The maximum Gasteiger partial charge on any atom is 0.264 e. The zero-order chi connectivity index (χ0) is 19.4. The van der Waals surface area contributed by atoms with E-state index in [1.54, 1.807) is 12.1 Å². The lowest BCUT2D eigenvalue weighted by atomic mass is 10.2. The Balaban J connectivity index is 1.95.